The van der Waals surface area contributed by atoms with Crippen molar-refractivity contribution in [2.75, 3.05) is 13.1 Å². The number of hydrogen-bond donors (Lipinski definition) is 3. The van der Waals surface area contributed by atoms with Crippen LogP contribution in [0.1, 0.15) is 49.4 Å². The lowest BCUT2D eigenvalue weighted by Crippen LogP contribution is -2.53. The largest absolute Gasteiger partial charge is 0.352 e. The molecule has 0 aromatic heterocycles. The van der Waals surface area contributed by atoms with Gasteiger partial charge in [0.25, 0.3) is 5.91 Å². The average molecular weight is 378 g/mol. The van der Waals surface area contributed by atoms with Gasteiger partial charge < -0.3 is 21.3 Å². The highest BCUT2D eigenvalue weighted by Gasteiger charge is 2.29. The average Bonchev–Trinajstić information content (AvgIpc) is 2.65. The number of carbonyl (C=O) groups excluding carboxylic acids is 3. The van der Waals surface area contributed by atoms with Crippen LogP contribution in [-0.4, -0.2) is 47.9 Å². The zero-order chi connectivity index (χ0) is 19.8. The molecule has 1 aliphatic heterocycles. The highest BCUT2D eigenvalue weighted by molar-refractivity contribution is 5.94. The number of unbranched alkanes of at least 4 members (excludes halogenated alkanes) is 1. The number of halogens is 1. The van der Waals surface area contributed by atoms with Gasteiger partial charge in [-0.2, -0.15) is 0 Å². The molecule has 4 amide bonds. The van der Waals surface area contributed by atoms with Gasteiger partial charge in [-0.1, -0.05) is 19.8 Å². The van der Waals surface area contributed by atoms with Crippen LogP contribution in [0.2, 0.25) is 0 Å². The molecule has 1 aromatic carbocycles. The van der Waals surface area contributed by atoms with Gasteiger partial charge in [0.15, 0.2) is 0 Å². The van der Waals surface area contributed by atoms with E-state index in [1.807, 2.05) is 6.92 Å². The topological polar surface area (TPSA) is 105 Å². The van der Waals surface area contributed by atoms with Gasteiger partial charge >= 0.3 is 6.03 Å². The molecule has 1 heterocycles. The fraction of sp³-hybridized carbons (Fsp3) is 0.526. The van der Waals surface area contributed by atoms with Crippen molar-refractivity contribution in [1.82, 2.24) is 15.5 Å². The van der Waals surface area contributed by atoms with E-state index in [9.17, 15) is 18.8 Å². The first-order valence-electron chi connectivity index (χ1n) is 9.32. The predicted molar refractivity (Wildman–Crippen MR) is 99.5 cm³/mol. The fourth-order valence-corrected chi connectivity index (χ4v) is 3.17. The Morgan fingerprint density at radius 2 is 1.85 bits per heavy atom. The summed E-state index contributed by atoms with van der Waals surface area (Å²) in [4.78, 5) is 37.7. The summed E-state index contributed by atoms with van der Waals surface area (Å²) in [5, 5.41) is 5.45. The first-order valence-corrected chi connectivity index (χ1v) is 9.32. The first-order chi connectivity index (χ1) is 12.9. The van der Waals surface area contributed by atoms with Crippen LogP contribution in [0, 0.1) is 5.82 Å². The van der Waals surface area contributed by atoms with Crippen molar-refractivity contribution in [2.45, 2.75) is 51.1 Å². The van der Waals surface area contributed by atoms with Crippen molar-refractivity contribution in [3.8, 4) is 0 Å². The lowest BCUT2D eigenvalue weighted by atomic mass is 10.0. The maximum atomic E-state index is 12.9. The van der Waals surface area contributed by atoms with Crippen molar-refractivity contribution in [3.05, 3.63) is 35.6 Å². The summed E-state index contributed by atoms with van der Waals surface area (Å²) < 4.78 is 12.9. The normalized spacial score (nSPS) is 15.9. The van der Waals surface area contributed by atoms with E-state index in [-0.39, 0.29) is 23.7 Å². The molecule has 1 fully saturated rings. The third-order valence-electron chi connectivity index (χ3n) is 4.71. The van der Waals surface area contributed by atoms with Gasteiger partial charge in [0.2, 0.25) is 5.91 Å². The van der Waals surface area contributed by atoms with Crippen LogP contribution in [0.15, 0.2) is 24.3 Å². The van der Waals surface area contributed by atoms with Crippen LogP contribution in [0.5, 0.6) is 0 Å². The number of piperidine rings is 1. The van der Waals surface area contributed by atoms with Crippen LogP contribution < -0.4 is 16.4 Å². The number of nitrogens with zero attached hydrogens (tertiary/aromatic N) is 1. The summed E-state index contributed by atoms with van der Waals surface area (Å²) in [6.45, 7) is 3.01. The number of carbonyl (C=O) groups is 3. The second-order valence-electron chi connectivity index (χ2n) is 6.78. The summed E-state index contributed by atoms with van der Waals surface area (Å²) in [5.41, 5.74) is 5.59. The van der Waals surface area contributed by atoms with Crippen molar-refractivity contribution in [2.24, 2.45) is 5.73 Å². The van der Waals surface area contributed by atoms with Gasteiger partial charge in [0.05, 0.1) is 0 Å². The summed E-state index contributed by atoms with van der Waals surface area (Å²) >= 11 is 0. The second-order valence-corrected chi connectivity index (χ2v) is 6.78. The Bertz CT molecular complexity index is 657. The summed E-state index contributed by atoms with van der Waals surface area (Å²) in [6.07, 6.45) is 3.54. The third-order valence-corrected chi connectivity index (χ3v) is 4.71. The molecule has 0 radical (unpaired) electrons. The molecule has 0 aliphatic carbocycles. The van der Waals surface area contributed by atoms with Crippen molar-refractivity contribution in [1.29, 1.82) is 0 Å². The molecule has 7 nitrogen and oxygen atoms in total. The Hall–Kier alpha value is -2.64. The number of benzene rings is 1. The summed E-state index contributed by atoms with van der Waals surface area (Å²) in [5.74, 6) is -0.776. The fourth-order valence-electron chi connectivity index (χ4n) is 3.17. The predicted octanol–water partition coefficient (Wildman–Crippen LogP) is 1.77. The van der Waals surface area contributed by atoms with Crippen LogP contribution in [0.4, 0.5) is 9.18 Å². The van der Waals surface area contributed by atoms with Crippen LogP contribution >= 0.6 is 0 Å². The second kappa shape index (κ2) is 9.89. The molecule has 2 rings (SSSR count). The van der Waals surface area contributed by atoms with Crippen molar-refractivity contribution in [3.63, 3.8) is 0 Å². The highest BCUT2D eigenvalue weighted by Crippen LogP contribution is 2.14. The Kier molecular flexibility index (Phi) is 7.57. The lowest BCUT2D eigenvalue weighted by Gasteiger charge is -2.34. The molecule has 8 heteroatoms. The monoisotopic (exact) mass is 378 g/mol. The van der Waals surface area contributed by atoms with E-state index in [0.717, 1.165) is 12.8 Å². The molecule has 4 N–H and O–H groups in total. The number of urea groups is 1. The minimum atomic E-state index is -0.703. The molecule has 0 bridgehead atoms. The number of nitrogens with two attached hydrogens (primary N) is 1. The molecule has 0 unspecified atom stereocenters. The standard InChI is InChI=1S/C19H27FN4O3/c1-2-3-4-16(23-19(21)27)18(26)24-11-9-15(10-12-24)22-17(25)13-5-7-14(20)8-6-13/h5-8,15-16H,2-4,9-12H2,1H3,(H,22,25)(H3,21,23,27)/t16-/m1/s1. The number of hydrogen-bond acceptors (Lipinski definition) is 3. The number of nitrogens with one attached hydrogen (secondary N) is 2. The molecule has 27 heavy (non-hydrogen) atoms. The van der Waals surface area contributed by atoms with E-state index in [0.29, 0.717) is 37.9 Å². The van der Waals surface area contributed by atoms with E-state index in [1.165, 1.54) is 24.3 Å². The minimum absolute atomic E-state index is 0.0511. The summed E-state index contributed by atoms with van der Waals surface area (Å²) in [6, 6.07) is 4.02. The molecular formula is C19H27FN4O3. The summed E-state index contributed by atoms with van der Waals surface area (Å²) in [7, 11) is 0. The number of amides is 4. The van der Waals surface area contributed by atoms with Gasteiger partial charge in [0, 0.05) is 24.7 Å². The zero-order valence-corrected chi connectivity index (χ0v) is 15.5. The van der Waals surface area contributed by atoms with Gasteiger partial charge in [-0.3, -0.25) is 9.59 Å². The maximum absolute atomic E-state index is 12.9. The van der Waals surface area contributed by atoms with Gasteiger partial charge in [-0.25, -0.2) is 9.18 Å². The lowest BCUT2D eigenvalue weighted by molar-refractivity contribution is -0.134. The van der Waals surface area contributed by atoms with Gasteiger partial charge in [0.1, 0.15) is 11.9 Å². The van der Waals surface area contributed by atoms with Crippen LogP contribution in [0.3, 0.4) is 0 Å². The van der Waals surface area contributed by atoms with Crippen molar-refractivity contribution >= 4 is 17.8 Å². The Balaban J connectivity index is 1.85. The molecular weight excluding hydrogens is 351 g/mol. The van der Waals surface area contributed by atoms with Gasteiger partial charge in [-0.05, 0) is 43.5 Å². The zero-order valence-electron chi connectivity index (χ0n) is 15.5. The Morgan fingerprint density at radius 3 is 2.41 bits per heavy atom. The minimum Gasteiger partial charge on any atom is -0.352 e. The Morgan fingerprint density at radius 1 is 1.22 bits per heavy atom. The van der Waals surface area contributed by atoms with Crippen molar-refractivity contribution < 1.29 is 18.8 Å². The van der Waals surface area contributed by atoms with E-state index < -0.39 is 12.1 Å². The smallest absolute Gasteiger partial charge is 0.312 e. The first kappa shape index (κ1) is 20.7. The third kappa shape index (κ3) is 6.23. The van der Waals surface area contributed by atoms with Crippen LogP contribution in [0.25, 0.3) is 0 Å². The van der Waals surface area contributed by atoms with Gasteiger partial charge in [-0.15, -0.1) is 0 Å². The molecule has 1 saturated heterocycles. The number of primary amides is 1. The molecule has 1 atom stereocenters. The quantitative estimate of drug-likeness (QED) is 0.673. The molecule has 148 valence electrons. The van der Waals surface area contributed by atoms with E-state index in [2.05, 4.69) is 10.6 Å². The highest BCUT2D eigenvalue weighted by atomic mass is 19.1. The van der Waals surface area contributed by atoms with E-state index >= 15 is 0 Å². The molecule has 0 spiro atoms. The van der Waals surface area contributed by atoms with E-state index in [1.54, 1.807) is 4.90 Å². The molecule has 1 aromatic rings. The molecule has 1 aliphatic rings. The Labute approximate surface area is 158 Å². The molecule has 0 saturated carbocycles. The number of likely N-dealkylation sites (tertiary alicyclic amines) is 1. The van der Waals surface area contributed by atoms with Crippen LogP contribution in [-0.2, 0) is 4.79 Å². The number of rotatable bonds is 7. The van der Waals surface area contributed by atoms with E-state index in [4.69, 9.17) is 5.73 Å². The SMILES string of the molecule is CCCC[C@@H](NC(N)=O)C(=O)N1CCC(NC(=O)c2ccc(F)cc2)CC1. The maximum Gasteiger partial charge on any atom is 0.312 e.